The molecule has 1 aromatic carbocycles. The summed E-state index contributed by atoms with van der Waals surface area (Å²) in [5.74, 6) is 1.56. The summed E-state index contributed by atoms with van der Waals surface area (Å²) in [7, 11) is 0. The molecule has 2 heteroatoms. The minimum Gasteiger partial charge on any atom is -0.474 e. The fourth-order valence-electron chi connectivity index (χ4n) is 3.54. The van der Waals surface area contributed by atoms with Crippen LogP contribution in [0.3, 0.4) is 0 Å². The van der Waals surface area contributed by atoms with Gasteiger partial charge in [0.05, 0.1) is 5.52 Å². The standard InChI is InChI=1S/C21H27NO/c1-5-15-6-12-19-16(14-15)7-13-20(22-19)23-18-10-8-17(9-11-18)21(2,3)4/h5-7,12-14,17-18H,1,8-11H2,2-4H3. The van der Waals surface area contributed by atoms with Crippen LogP contribution in [0.25, 0.3) is 17.0 Å². The first-order valence-electron chi connectivity index (χ1n) is 8.65. The molecular formula is C21H27NO. The van der Waals surface area contributed by atoms with Gasteiger partial charge in [0, 0.05) is 11.5 Å². The Morgan fingerprint density at radius 1 is 1.09 bits per heavy atom. The van der Waals surface area contributed by atoms with Crippen molar-refractivity contribution in [2.45, 2.75) is 52.6 Å². The molecular weight excluding hydrogens is 282 g/mol. The number of benzene rings is 1. The van der Waals surface area contributed by atoms with Gasteiger partial charge in [-0.2, -0.15) is 0 Å². The van der Waals surface area contributed by atoms with Gasteiger partial charge in [-0.3, -0.25) is 0 Å². The smallest absolute Gasteiger partial charge is 0.214 e. The van der Waals surface area contributed by atoms with E-state index in [-0.39, 0.29) is 0 Å². The topological polar surface area (TPSA) is 22.1 Å². The van der Waals surface area contributed by atoms with Crippen LogP contribution in [0.1, 0.15) is 52.0 Å². The monoisotopic (exact) mass is 309 g/mol. The van der Waals surface area contributed by atoms with E-state index >= 15 is 0 Å². The van der Waals surface area contributed by atoms with Gasteiger partial charge in [-0.1, -0.05) is 39.5 Å². The van der Waals surface area contributed by atoms with Crippen molar-refractivity contribution in [3.63, 3.8) is 0 Å². The summed E-state index contributed by atoms with van der Waals surface area (Å²) in [6.07, 6.45) is 6.95. The zero-order chi connectivity index (χ0) is 16.4. The summed E-state index contributed by atoms with van der Waals surface area (Å²) >= 11 is 0. The molecule has 2 aromatic rings. The van der Waals surface area contributed by atoms with Crippen LogP contribution in [-0.4, -0.2) is 11.1 Å². The first kappa shape index (κ1) is 16.0. The lowest BCUT2D eigenvalue weighted by Gasteiger charge is -2.36. The van der Waals surface area contributed by atoms with Crippen LogP contribution < -0.4 is 4.74 Å². The Labute approximate surface area is 139 Å². The average Bonchev–Trinajstić information content (AvgIpc) is 2.54. The van der Waals surface area contributed by atoms with Gasteiger partial charge in [-0.05, 0) is 60.8 Å². The maximum atomic E-state index is 6.15. The van der Waals surface area contributed by atoms with Gasteiger partial charge in [0.2, 0.25) is 5.88 Å². The van der Waals surface area contributed by atoms with Gasteiger partial charge in [0.1, 0.15) is 6.10 Å². The molecule has 23 heavy (non-hydrogen) atoms. The van der Waals surface area contributed by atoms with Gasteiger partial charge < -0.3 is 4.74 Å². The Balaban J connectivity index is 1.67. The summed E-state index contributed by atoms with van der Waals surface area (Å²) < 4.78 is 6.15. The molecule has 1 aliphatic carbocycles. The number of hydrogen-bond acceptors (Lipinski definition) is 2. The third-order valence-electron chi connectivity index (χ3n) is 5.11. The molecule has 1 heterocycles. The Morgan fingerprint density at radius 2 is 1.83 bits per heavy atom. The lowest BCUT2D eigenvalue weighted by molar-refractivity contribution is 0.0854. The highest BCUT2D eigenvalue weighted by Gasteiger charge is 2.30. The van der Waals surface area contributed by atoms with Crippen molar-refractivity contribution in [3.05, 3.63) is 42.5 Å². The van der Waals surface area contributed by atoms with E-state index in [1.165, 1.54) is 12.8 Å². The highest BCUT2D eigenvalue weighted by molar-refractivity contribution is 5.81. The normalized spacial score (nSPS) is 22.0. The minimum absolute atomic E-state index is 0.311. The van der Waals surface area contributed by atoms with Gasteiger partial charge in [0.25, 0.3) is 0 Å². The van der Waals surface area contributed by atoms with Crippen LogP contribution in [0.15, 0.2) is 36.9 Å². The van der Waals surface area contributed by atoms with Crippen molar-refractivity contribution in [1.82, 2.24) is 4.98 Å². The molecule has 0 bridgehead atoms. The summed E-state index contributed by atoms with van der Waals surface area (Å²) in [6, 6.07) is 10.3. The Hall–Kier alpha value is -1.83. The highest BCUT2D eigenvalue weighted by atomic mass is 16.5. The minimum atomic E-state index is 0.311. The van der Waals surface area contributed by atoms with Crippen LogP contribution in [0, 0.1) is 11.3 Å². The predicted octanol–water partition coefficient (Wildman–Crippen LogP) is 5.86. The van der Waals surface area contributed by atoms with E-state index in [1.54, 1.807) is 0 Å². The first-order chi connectivity index (χ1) is 11.0. The van der Waals surface area contributed by atoms with Crippen molar-refractivity contribution in [3.8, 4) is 5.88 Å². The molecule has 1 aromatic heterocycles. The van der Waals surface area contributed by atoms with E-state index in [9.17, 15) is 0 Å². The SMILES string of the molecule is C=Cc1ccc2nc(OC3CCC(C(C)(C)C)CC3)ccc2c1. The molecule has 1 fully saturated rings. The summed E-state index contributed by atoms with van der Waals surface area (Å²) in [5, 5.41) is 1.13. The number of rotatable bonds is 3. The van der Waals surface area contributed by atoms with E-state index in [1.807, 2.05) is 24.3 Å². The lowest BCUT2D eigenvalue weighted by Crippen LogP contribution is -2.30. The second-order valence-electron chi connectivity index (χ2n) is 7.76. The first-order valence-corrected chi connectivity index (χ1v) is 8.65. The maximum Gasteiger partial charge on any atom is 0.214 e. The van der Waals surface area contributed by atoms with Gasteiger partial charge in [-0.15, -0.1) is 0 Å². The molecule has 0 atom stereocenters. The molecule has 0 spiro atoms. The van der Waals surface area contributed by atoms with Crippen LogP contribution in [0.4, 0.5) is 0 Å². The molecule has 0 saturated heterocycles. The molecule has 0 radical (unpaired) electrons. The fraction of sp³-hybridized carbons (Fsp3) is 0.476. The van der Waals surface area contributed by atoms with Crippen molar-refractivity contribution in [1.29, 1.82) is 0 Å². The van der Waals surface area contributed by atoms with Crippen LogP contribution in [0.5, 0.6) is 5.88 Å². The Bertz CT molecular complexity index is 691. The number of hydrogen-bond donors (Lipinski definition) is 0. The molecule has 3 rings (SSSR count). The second-order valence-corrected chi connectivity index (χ2v) is 7.76. The zero-order valence-corrected chi connectivity index (χ0v) is 14.5. The summed E-state index contributed by atoms with van der Waals surface area (Å²) in [4.78, 5) is 4.66. The van der Waals surface area contributed by atoms with Crippen molar-refractivity contribution in [2.75, 3.05) is 0 Å². The van der Waals surface area contributed by atoms with Crippen LogP contribution in [0.2, 0.25) is 0 Å². The number of ether oxygens (including phenoxy) is 1. The maximum absolute atomic E-state index is 6.15. The van der Waals surface area contributed by atoms with E-state index in [2.05, 4.69) is 44.5 Å². The quantitative estimate of drug-likeness (QED) is 0.708. The van der Waals surface area contributed by atoms with Gasteiger partial charge in [-0.25, -0.2) is 4.98 Å². The second kappa shape index (κ2) is 6.35. The number of nitrogens with zero attached hydrogens (tertiary/aromatic N) is 1. The van der Waals surface area contributed by atoms with Gasteiger partial charge in [0.15, 0.2) is 0 Å². The molecule has 1 aliphatic rings. The number of aromatic nitrogens is 1. The summed E-state index contributed by atoms with van der Waals surface area (Å²) in [5.41, 5.74) is 2.51. The lowest BCUT2D eigenvalue weighted by atomic mass is 9.72. The fourth-order valence-corrected chi connectivity index (χ4v) is 3.54. The highest BCUT2D eigenvalue weighted by Crippen LogP contribution is 2.38. The third-order valence-corrected chi connectivity index (χ3v) is 5.11. The predicted molar refractivity (Wildman–Crippen MR) is 97.7 cm³/mol. The van der Waals surface area contributed by atoms with E-state index in [0.29, 0.717) is 11.5 Å². The third kappa shape index (κ3) is 3.74. The zero-order valence-electron chi connectivity index (χ0n) is 14.5. The Morgan fingerprint density at radius 3 is 2.48 bits per heavy atom. The molecule has 2 nitrogen and oxygen atoms in total. The largest absolute Gasteiger partial charge is 0.474 e. The molecule has 0 aliphatic heterocycles. The molecule has 0 amide bonds. The molecule has 0 N–H and O–H groups in total. The van der Waals surface area contributed by atoms with Crippen molar-refractivity contribution >= 4 is 17.0 Å². The molecule has 122 valence electrons. The summed E-state index contributed by atoms with van der Waals surface area (Å²) in [6.45, 7) is 10.9. The van der Waals surface area contributed by atoms with Crippen molar-refractivity contribution < 1.29 is 4.74 Å². The van der Waals surface area contributed by atoms with E-state index < -0.39 is 0 Å². The van der Waals surface area contributed by atoms with Crippen LogP contribution >= 0.6 is 0 Å². The number of pyridine rings is 1. The number of fused-ring (bicyclic) bond motifs is 1. The van der Waals surface area contributed by atoms with E-state index in [4.69, 9.17) is 4.74 Å². The van der Waals surface area contributed by atoms with Gasteiger partial charge >= 0.3 is 0 Å². The average molecular weight is 309 g/mol. The van der Waals surface area contributed by atoms with E-state index in [0.717, 1.165) is 41.1 Å². The Kier molecular flexibility index (Phi) is 4.43. The van der Waals surface area contributed by atoms with Crippen molar-refractivity contribution in [2.24, 2.45) is 11.3 Å². The molecule has 0 unspecified atom stereocenters. The molecule has 1 saturated carbocycles. The van der Waals surface area contributed by atoms with Crippen LogP contribution in [-0.2, 0) is 0 Å².